The molecule has 1 aromatic heterocycles. The van der Waals surface area contributed by atoms with Gasteiger partial charge in [-0.05, 0) is 24.3 Å². The first-order chi connectivity index (χ1) is 15.2. The van der Waals surface area contributed by atoms with Crippen molar-refractivity contribution in [2.75, 3.05) is 42.9 Å². The Hall–Kier alpha value is -3.80. The number of halogens is 1. The van der Waals surface area contributed by atoms with Gasteiger partial charge < -0.3 is 24.8 Å². The van der Waals surface area contributed by atoms with Crippen molar-refractivity contribution >= 4 is 38.9 Å². The Labute approximate surface area is 184 Å². The van der Waals surface area contributed by atoms with Crippen molar-refractivity contribution in [2.45, 2.75) is 0 Å². The van der Waals surface area contributed by atoms with Gasteiger partial charge in [-0.15, -0.1) is 0 Å². The molecule has 0 aliphatic rings. The van der Waals surface area contributed by atoms with Gasteiger partial charge in [0.25, 0.3) is 0 Å². The Morgan fingerprint density at radius 1 is 0.875 bits per heavy atom. The van der Waals surface area contributed by atoms with Crippen LogP contribution < -0.4 is 29.6 Å². The molecular weight excluding hydrogens is 441 g/mol. The second-order valence-corrected chi connectivity index (χ2v) is 8.24. The van der Waals surface area contributed by atoms with E-state index in [-0.39, 0.29) is 23.1 Å². The van der Waals surface area contributed by atoms with Crippen LogP contribution in [0.1, 0.15) is 0 Å². The van der Waals surface area contributed by atoms with Crippen molar-refractivity contribution in [1.29, 1.82) is 0 Å². The number of nitrogens with one attached hydrogen (secondary N) is 3. The van der Waals surface area contributed by atoms with Crippen LogP contribution in [-0.2, 0) is 10.0 Å². The summed E-state index contributed by atoms with van der Waals surface area (Å²) in [6, 6.07) is 9.69. The van der Waals surface area contributed by atoms with E-state index in [2.05, 4.69) is 25.3 Å². The molecule has 12 heteroatoms. The van der Waals surface area contributed by atoms with Crippen LogP contribution in [0.4, 0.5) is 33.2 Å². The van der Waals surface area contributed by atoms with Crippen molar-refractivity contribution in [3.63, 3.8) is 0 Å². The Bertz CT molecular complexity index is 1220. The summed E-state index contributed by atoms with van der Waals surface area (Å²) in [5.74, 6) is 0.649. The largest absolute Gasteiger partial charge is 0.497 e. The molecule has 0 amide bonds. The third-order valence-electron chi connectivity index (χ3n) is 4.17. The van der Waals surface area contributed by atoms with Crippen molar-refractivity contribution in [3.8, 4) is 17.2 Å². The molecular formula is C20H22FN5O5S. The normalized spacial score (nSPS) is 10.9. The number of sulfonamides is 1. The number of benzene rings is 2. The van der Waals surface area contributed by atoms with E-state index in [1.165, 1.54) is 33.5 Å². The standard InChI is InChI=1S/C20H22FN5O5S/c1-29-12-5-7-15(16(9-12)26-32(4,27)28)23-19-14(21)11-22-20(25-19)24-17-10-13(30-2)6-8-18(17)31-3/h5-11,26H,1-4H3,(H2,22,23,24,25). The summed E-state index contributed by atoms with van der Waals surface area (Å²) < 4.78 is 55.9. The highest BCUT2D eigenvalue weighted by atomic mass is 32.2. The summed E-state index contributed by atoms with van der Waals surface area (Å²) in [7, 11) is 0.878. The van der Waals surface area contributed by atoms with Gasteiger partial charge >= 0.3 is 0 Å². The fraction of sp³-hybridized carbons (Fsp3) is 0.200. The first kappa shape index (κ1) is 22.9. The number of methoxy groups -OCH3 is 3. The molecule has 0 radical (unpaired) electrons. The average molecular weight is 463 g/mol. The molecule has 0 unspecified atom stereocenters. The molecule has 3 aromatic rings. The van der Waals surface area contributed by atoms with Crippen molar-refractivity contribution in [1.82, 2.24) is 9.97 Å². The zero-order valence-electron chi connectivity index (χ0n) is 17.8. The van der Waals surface area contributed by atoms with Gasteiger partial charge in [-0.2, -0.15) is 4.98 Å². The molecule has 2 aromatic carbocycles. The molecule has 1 heterocycles. The van der Waals surface area contributed by atoms with Gasteiger partial charge in [0.15, 0.2) is 11.6 Å². The molecule has 0 fully saturated rings. The molecule has 0 aliphatic carbocycles. The molecule has 0 saturated carbocycles. The third kappa shape index (κ3) is 5.66. The average Bonchev–Trinajstić information content (AvgIpc) is 2.76. The highest BCUT2D eigenvalue weighted by Gasteiger charge is 2.14. The number of anilines is 5. The lowest BCUT2D eigenvalue weighted by Gasteiger charge is -2.15. The molecule has 10 nitrogen and oxygen atoms in total. The first-order valence-corrected chi connectivity index (χ1v) is 11.1. The SMILES string of the molecule is COc1ccc(Nc2nc(Nc3cc(OC)ccc3OC)ncc2F)c(NS(C)(=O)=O)c1. The van der Waals surface area contributed by atoms with Crippen molar-refractivity contribution in [3.05, 3.63) is 48.4 Å². The van der Waals surface area contributed by atoms with Crippen LogP contribution in [0, 0.1) is 5.82 Å². The maximum atomic E-state index is 14.4. The quantitative estimate of drug-likeness (QED) is 0.437. The van der Waals surface area contributed by atoms with E-state index in [1.807, 2.05) is 0 Å². The molecule has 0 aliphatic heterocycles. The molecule has 0 bridgehead atoms. The topological polar surface area (TPSA) is 124 Å². The van der Waals surface area contributed by atoms with Crippen LogP contribution in [0.2, 0.25) is 0 Å². The lowest BCUT2D eigenvalue weighted by Crippen LogP contribution is -2.12. The second kappa shape index (κ2) is 9.56. The minimum absolute atomic E-state index is 0.0755. The monoisotopic (exact) mass is 463 g/mol. The minimum Gasteiger partial charge on any atom is -0.497 e. The van der Waals surface area contributed by atoms with E-state index in [0.717, 1.165) is 12.5 Å². The van der Waals surface area contributed by atoms with E-state index in [1.54, 1.807) is 24.3 Å². The van der Waals surface area contributed by atoms with E-state index >= 15 is 0 Å². The van der Waals surface area contributed by atoms with Crippen molar-refractivity contribution in [2.24, 2.45) is 0 Å². The van der Waals surface area contributed by atoms with Crippen LogP contribution in [0.15, 0.2) is 42.6 Å². The van der Waals surface area contributed by atoms with Gasteiger partial charge in [0.2, 0.25) is 16.0 Å². The van der Waals surface area contributed by atoms with Gasteiger partial charge in [-0.1, -0.05) is 0 Å². The fourth-order valence-electron chi connectivity index (χ4n) is 2.72. The molecule has 0 saturated heterocycles. The maximum Gasteiger partial charge on any atom is 0.229 e. The summed E-state index contributed by atoms with van der Waals surface area (Å²) >= 11 is 0. The number of aromatic nitrogens is 2. The van der Waals surface area contributed by atoms with E-state index < -0.39 is 15.8 Å². The smallest absolute Gasteiger partial charge is 0.229 e. The zero-order valence-corrected chi connectivity index (χ0v) is 18.6. The Kier molecular flexibility index (Phi) is 6.83. The van der Waals surface area contributed by atoms with Gasteiger partial charge in [0, 0.05) is 12.1 Å². The van der Waals surface area contributed by atoms with Gasteiger partial charge in [-0.25, -0.2) is 17.8 Å². The Morgan fingerprint density at radius 2 is 1.53 bits per heavy atom. The molecule has 3 N–H and O–H groups in total. The summed E-state index contributed by atoms with van der Waals surface area (Å²) in [5, 5.41) is 5.74. The Morgan fingerprint density at radius 3 is 2.16 bits per heavy atom. The summed E-state index contributed by atoms with van der Waals surface area (Å²) in [6.45, 7) is 0. The van der Waals surface area contributed by atoms with Gasteiger partial charge in [-0.3, -0.25) is 4.72 Å². The fourth-order valence-corrected chi connectivity index (χ4v) is 3.29. The molecule has 0 spiro atoms. The summed E-state index contributed by atoms with van der Waals surface area (Å²) in [5.41, 5.74) is 0.931. The number of ether oxygens (including phenoxy) is 3. The lowest BCUT2D eigenvalue weighted by molar-refractivity contribution is 0.405. The van der Waals surface area contributed by atoms with Gasteiger partial charge in [0.1, 0.15) is 17.2 Å². The van der Waals surface area contributed by atoms with Crippen LogP contribution in [0.3, 0.4) is 0 Å². The molecule has 3 rings (SSSR count). The minimum atomic E-state index is -3.60. The zero-order chi connectivity index (χ0) is 23.3. The van der Waals surface area contributed by atoms with E-state index in [4.69, 9.17) is 14.2 Å². The van der Waals surface area contributed by atoms with Crippen LogP contribution in [0.25, 0.3) is 0 Å². The van der Waals surface area contributed by atoms with Crippen molar-refractivity contribution < 1.29 is 27.0 Å². The van der Waals surface area contributed by atoms with Gasteiger partial charge in [0.05, 0.1) is 50.8 Å². The number of hydrogen-bond acceptors (Lipinski definition) is 9. The van der Waals surface area contributed by atoms with Crippen LogP contribution in [0.5, 0.6) is 17.2 Å². The van der Waals surface area contributed by atoms with E-state index in [0.29, 0.717) is 22.9 Å². The highest BCUT2D eigenvalue weighted by molar-refractivity contribution is 7.92. The number of hydrogen-bond donors (Lipinski definition) is 3. The Balaban J connectivity index is 1.94. The predicted octanol–water partition coefficient (Wildman–Crippen LogP) is 3.50. The first-order valence-electron chi connectivity index (χ1n) is 9.17. The molecule has 170 valence electrons. The van der Waals surface area contributed by atoms with Crippen LogP contribution >= 0.6 is 0 Å². The summed E-state index contributed by atoms with van der Waals surface area (Å²) in [4.78, 5) is 8.11. The number of rotatable bonds is 9. The lowest BCUT2D eigenvalue weighted by atomic mass is 10.2. The second-order valence-electron chi connectivity index (χ2n) is 6.49. The van der Waals surface area contributed by atoms with E-state index in [9.17, 15) is 12.8 Å². The maximum absolute atomic E-state index is 14.4. The molecule has 32 heavy (non-hydrogen) atoms. The third-order valence-corrected chi connectivity index (χ3v) is 4.76. The highest BCUT2D eigenvalue weighted by Crippen LogP contribution is 2.33. The number of nitrogens with zero attached hydrogens (tertiary/aromatic N) is 2. The predicted molar refractivity (Wildman–Crippen MR) is 120 cm³/mol. The molecule has 0 atom stereocenters. The van der Waals surface area contributed by atoms with Crippen LogP contribution in [-0.4, -0.2) is 46.0 Å². The summed E-state index contributed by atoms with van der Waals surface area (Å²) in [6.07, 6.45) is 1.99.